The van der Waals surface area contributed by atoms with Crippen LogP contribution in [-0.4, -0.2) is 47.9 Å². The number of carbonyl (C=O) groups is 3. The van der Waals surface area contributed by atoms with E-state index < -0.39 is 11.9 Å². The van der Waals surface area contributed by atoms with Crippen LogP contribution in [0.3, 0.4) is 0 Å². The number of carboxylic acids is 1. The summed E-state index contributed by atoms with van der Waals surface area (Å²) in [6.45, 7) is 2.54. The summed E-state index contributed by atoms with van der Waals surface area (Å²) in [7, 11) is 1.58. The van der Waals surface area contributed by atoms with Gasteiger partial charge in [0.15, 0.2) is 0 Å². The second-order valence-corrected chi connectivity index (χ2v) is 5.79. The van der Waals surface area contributed by atoms with Gasteiger partial charge in [-0.25, -0.2) is 0 Å². The van der Waals surface area contributed by atoms with Crippen molar-refractivity contribution in [3.05, 3.63) is 29.8 Å². The lowest BCUT2D eigenvalue weighted by Gasteiger charge is -2.22. The van der Waals surface area contributed by atoms with Crippen molar-refractivity contribution in [1.82, 2.24) is 4.90 Å². The number of benzene rings is 1. The maximum absolute atomic E-state index is 12.4. The van der Waals surface area contributed by atoms with Gasteiger partial charge in [-0.2, -0.15) is 0 Å². The molecule has 0 aromatic heterocycles. The predicted molar refractivity (Wildman–Crippen MR) is 86.2 cm³/mol. The molecule has 0 spiro atoms. The molecule has 1 unspecified atom stereocenters. The quantitative estimate of drug-likeness (QED) is 0.863. The summed E-state index contributed by atoms with van der Waals surface area (Å²) in [5.41, 5.74) is 1.94. The van der Waals surface area contributed by atoms with E-state index in [0.29, 0.717) is 6.54 Å². The van der Waals surface area contributed by atoms with Crippen LogP contribution in [0, 0.1) is 5.92 Å². The molecule has 6 nitrogen and oxygen atoms in total. The van der Waals surface area contributed by atoms with Crippen LogP contribution in [0.2, 0.25) is 0 Å². The molecule has 23 heavy (non-hydrogen) atoms. The summed E-state index contributed by atoms with van der Waals surface area (Å²) in [5.74, 6) is -1.58. The van der Waals surface area contributed by atoms with E-state index in [4.69, 9.17) is 5.11 Å². The van der Waals surface area contributed by atoms with Crippen LogP contribution in [0.15, 0.2) is 24.3 Å². The maximum atomic E-state index is 12.4. The topological polar surface area (TPSA) is 77.9 Å². The summed E-state index contributed by atoms with van der Waals surface area (Å²) < 4.78 is 0. The Morgan fingerprint density at radius 3 is 2.70 bits per heavy atom. The highest BCUT2D eigenvalue weighted by atomic mass is 16.4. The van der Waals surface area contributed by atoms with Crippen molar-refractivity contribution in [1.29, 1.82) is 0 Å². The molecule has 1 saturated heterocycles. The highest BCUT2D eigenvalue weighted by molar-refractivity contribution is 6.00. The van der Waals surface area contributed by atoms with Crippen molar-refractivity contribution < 1.29 is 19.5 Å². The minimum Gasteiger partial charge on any atom is -0.481 e. The average molecular weight is 318 g/mol. The monoisotopic (exact) mass is 318 g/mol. The van der Waals surface area contributed by atoms with E-state index in [0.717, 1.165) is 17.7 Å². The van der Waals surface area contributed by atoms with Crippen LogP contribution in [-0.2, 0) is 20.8 Å². The number of para-hydroxylation sites is 1. The van der Waals surface area contributed by atoms with Gasteiger partial charge in [-0.05, 0) is 18.1 Å². The van der Waals surface area contributed by atoms with Gasteiger partial charge >= 0.3 is 5.97 Å². The van der Waals surface area contributed by atoms with Gasteiger partial charge in [-0.1, -0.05) is 25.1 Å². The van der Waals surface area contributed by atoms with Gasteiger partial charge in [0.25, 0.3) is 0 Å². The third-order valence-corrected chi connectivity index (χ3v) is 4.17. The zero-order chi connectivity index (χ0) is 17.0. The Balaban J connectivity index is 2.07. The Bertz CT molecular complexity index is 614. The Kier molecular flexibility index (Phi) is 5.36. The summed E-state index contributed by atoms with van der Waals surface area (Å²) in [5, 5.41) is 8.70. The van der Waals surface area contributed by atoms with Crippen molar-refractivity contribution >= 4 is 23.5 Å². The van der Waals surface area contributed by atoms with Crippen molar-refractivity contribution in [3.63, 3.8) is 0 Å². The third kappa shape index (κ3) is 3.88. The summed E-state index contributed by atoms with van der Waals surface area (Å²) in [4.78, 5) is 38.4. The molecule has 1 aliphatic heterocycles. The highest BCUT2D eigenvalue weighted by Gasteiger charge is 2.37. The molecule has 1 heterocycles. The summed E-state index contributed by atoms with van der Waals surface area (Å²) >= 11 is 0. The van der Waals surface area contributed by atoms with Crippen LogP contribution in [0.4, 0.5) is 5.69 Å². The minimum atomic E-state index is -0.939. The third-order valence-electron chi connectivity index (χ3n) is 4.17. The van der Waals surface area contributed by atoms with Crippen molar-refractivity contribution in [2.24, 2.45) is 5.92 Å². The predicted octanol–water partition coefficient (Wildman–Crippen LogP) is 1.53. The molecule has 2 rings (SSSR count). The second-order valence-electron chi connectivity index (χ2n) is 5.79. The van der Waals surface area contributed by atoms with Crippen LogP contribution >= 0.6 is 0 Å². The van der Waals surface area contributed by atoms with E-state index in [1.54, 1.807) is 11.9 Å². The number of hydrogen-bond acceptors (Lipinski definition) is 3. The van der Waals surface area contributed by atoms with E-state index in [2.05, 4.69) is 0 Å². The fourth-order valence-corrected chi connectivity index (χ4v) is 2.86. The molecule has 1 N–H and O–H groups in total. The standard InChI is InChI=1S/C17H22N2O4/c1-3-12-6-4-5-7-14(12)19-11-13(10-15(19)20)17(23)18(2)9-8-16(21)22/h4-7,13H,3,8-11H2,1-2H3,(H,21,22). The highest BCUT2D eigenvalue weighted by Crippen LogP contribution is 2.29. The van der Waals surface area contributed by atoms with Gasteiger partial charge in [-0.3, -0.25) is 14.4 Å². The molecule has 2 amide bonds. The number of carboxylic acid groups (broad SMARTS) is 1. The van der Waals surface area contributed by atoms with Crippen molar-refractivity contribution in [2.45, 2.75) is 26.2 Å². The normalized spacial score (nSPS) is 17.4. The molecule has 0 saturated carbocycles. The Morgan fingerprint density at radius 2 is 2.04 bits per heavy atom. The molecule has 1 atom stereocenters. The summed E-state index contributed by atoms with van der Waals surface area (Å²) in [6.07, 6.45) is 0.899. The average Bonchev–Trinajstić information content (AvgIpc) is 2.93. The first kappa shape index (κ1) is 17.0. The number of aliphatic carboxylic acids is 1. The molecule has 1 aliphatic rings. The second kappa shape index (κ2) is 7.26. The number of carbonyl (C=O) groups excluding carboxylic acids is 2. The molecule has 0 radical (unpaired) electrons. The van der Waals surface area contributed by atoms with Gasteiger partial charge in [-0.15, -0.1) is 0 Å². The number of anilines is 1. The van der Waals surface area contributed by atoms with E-state index in [1.165, 1.54) is 4.90 Å². The van der Waals surface area contributed by atoms with E-state index in [9.17, 15) is 14.4 Å². The van der Waals surface area contributed by atoms with Crippen LogP contribution in [0.25, 0.3) is 0 Å². The van der Waals surface area contributed by atoms with Crippen LogP contribution < -0.4 is 4.90 Å². The Hall–Kier alpha value is -2.37. The SMILES string of the molecule is CCc1ccccc1N1CC(C(=O)N(C)CCC(=O)O)CC1=O. The van der Waals surface area contributed by atoms with Crippen molar-refractivity contribution in [3.8, 4) is 0 Å². The van der Waals surface area contributed by atoms with E-state index in [1.807, 2.05) is 31.2 Å². The fourth-order valence-electron chi connectivity index (χ4n) is 2.86. The Morgan fingerprint density at radius 1 is 1.35 bits per heavy atom. The van der Waals surface area contributed by atoms with Crippen LogP contribution in [0.5, 0.6) is 0 Å². The van der Waals surface area contributed by atoms with Crippen molar-refractivity contribution in [2.75, 3.05) is 25.0 Å². The van der Waals surface area contributed by atoms with Gasteiger partial charge < -0.3 is 14.9 Å². The summed E-state index contributed by atoms with van der Waals surface area (Å²) in [6, 6.07) is 7.70. The zero-order valence-electron chi connectivity index (χ0n) is 13.5. The molecule has 1 aromatic carbocycles. The van der Waals surface area contributed by atoms with Gasteiger partial charge in [0.1, 0.15) is 0 Å². The number of rotatable bonds is 6. The first-order chi connectivity index (χ1) is 10.9. The first-order valence-electron chi connectivity index (χ1n) is 7.79. The number of aryl methyl sites for hydroxylation is 1. The number of nitrogens with zero attached hydrogens (tertiary/aromatic N) is 2. The van der Waals surface area contributed by atoms with Gasteiger partial charge in [0.2, 0.25) is 11.8 Å². The minimum absolute atomic E-state index is 0.0594. The lowest BCUT2D eigenvalue weighted by molar-refractivity contribution is -0.139. The fraction of sp³-hybridized carbons (Fsp3) is 0.471. The molecule has 1 aromatic rings. The Labute approximate surface area is 135 Å². The largest absolute Gasteiger partial charge is 0.481 e. The molecular formula is C17H22N2O4. The van der Waals surface area contributed by atoms with Crippen LogP contribution in [0.1, 0.15) is 25.3 Å². The lowest BCUT2D eigenvalue weighted by Crippen LogP contribution is -2.36. The molecule has 0 aliphatic carbocycles. The molecule has 0 bridgehead atoms. The lowest BCUT2D eigenvalue weighted by atomic mass is 10.1. The smallest absolute Gasteiger partial charge is 0.305 e. The van der Waals surface area contributed by atoms with Gasteiger partial charge in [0, 0.05) is 32.2 Å². The molecule has 6 heteroatoms. The molecule has 1 fully saturated rings. The molecular weight excluding hydrogens is 296 g/mol. The van der Waals surface area contributed by atoms with E-state index in [-0.39, 0.29) is 31.2 Å². The van der Waals surface area contributed by atoms with Gasteiger partial charge in [0.05, 0.1) is 12.3 Å². The zero-order valence-corrected chi connectivity index (χ0v) is 13.5. The number of amides is 2. The van der Waals surface area contributed by atoms with E-state index >= 15 is 0 Å². The first-order valence-corrected chi connectivity index (χ1v) is 7.79. The molecule has 124 valence electrons. The number of hydrogen-bond donors (Lipinski definition) is 1. The maximum Gasteiger partial charge on any atom is 0.305 e.